The minimum Gasteiger partial charge on any atom is -0.404 e. The van der Waals surface area contributed by atoms with E-state index in [0.717, 1.165) is 29.6 Å². The number of unbranched alkanes of at least 4 members (excludes halogenated alkanes) is 1. The molecule has 4 unspecified atom stereocenters. The summed E-state index contributed by atoms with van der Waals surface area (Å²) in [5, 5.41) is 3.77. The Kier molecular flexibility index (Phi) is 14.5. The van der Waals surface area contributed by atoms with Crippen LogP contribution in [0.5, 0.6) is 0 Å². The van der Waals surface area contributed by atoms with Crippen LogP contribution >= 0.6 is 0 Å². The lowest BCUT2D eigenvalue weighted by Gasteiger charge is -2.33. The van der Waals surface area contributed by atoms with Gasteiger partial charge in [0, 0.05) is 0 Å². The zero-order valence-electron chi connectivity index (χ0n) is 22.8. The van der Waals surface area contributed by atoms with E-state index in [1.807, 2.05) is 6.20 Å². The molecule has 0 aromatic heterocycles. The Labute approximate surface area is 207 Å². The summed E-state index contributed by atoms with van der Waals surface area (Å²) in [4.78, 5) is 0. The lowest BCUT2D eigenvalue weighted by atomic mass is 9.73. The molecule has 4 atom stereocenters. The third kappa shape index (κ3) is 11.0. The van der Waals surface area contributed by atoms with Gasteiger partial charge in [0.2, 0.25) is 0 Å². The molecule has 2 aliphatic carbocycles. The van der Waals surface area contributed by atoms with Crippen LogP contribution in [0.4, 0.5) is 0 Å². The van der Waals surface area contributed by atoms with E-state index in [0.29, 0.717) is 0 Å². The van der Waals surface area contributed by atoms with E-state index in [-0.39, 0.29) is 0 Å². The predicted octanol–water partition coefficient (Wildman–Crippen LogP) is 8.77. The van der Waals surface area contributed by atoms with Gasteiger partial charge in [-0.15, -0.1) is 0 Å². The molecule has 2 nitrogen and oxygen atoms in total. The van der Waals surface area contributed by atoms with Gasteiger partial charge in [-0.3, -0.25) is 0 Å². The predicted molar refractivity (Wildman–Crippen MR) is 147 cm³/mol. The fraction of sp³-hybridized carbons (Fsp3) is 0.871. The molecule has 192 valence electrons. The van der Waals surface area contributed by atoms with E-state index < -0.39 is 0 Å². The van der Waals surface area contributed by atoms with Gasteiger partial charge in [0.25, 0.3) is 0 Å². The van der Waals surface area contributed by atoms with Crippen LogP contribution in [0.25, 0.3) is 0 Å². The van der Waals surface area contributed by atoms with Crippen LogP contribution in [0.15, 0.2) is 23.4 Å². The largest absolute Gasteiger partial charge is 0.404 e. The lowest BCUT2D eigenvalue weighted by Crippen LogP contribution is -2.27. The van der Waals surface area contributed by atoms with Crippen molar-refractivity contribution in [3.8, 4) is 0 Å². The molecule has 3 N–H and O–H groups in total. The highest BCUT2D eigenvalue weighted by molar-refractivity contribution is 5.30. The van der Waals surface area contributed by atoms with Crippen LogP contribution in [0.2, 0.25) is 0 Å². The van der Waals surface area contributed by atoms with Gasteiger partial charge >= 0.3 is 0 Å². The van der Waals surface area contributed by atoms with Crippen LogP contribution in [0, 0.1) is 29.6 Å². The molecular weight excluding hydrogens is 400 g/mol. The van der Waals surface area contributed by atoms with Crippen LogP contribution in [-0.2, 0) is 0 Å². The minimum absolute atomic E-state index is 0.777. The number of nitrogens with two attached hydrogens (primary N) is 1. The standard InChI is InChI=1S/C31H58N2/c1-5-8-13-26(7-3)22-30(23-32)28-14-10-9-11-15-31(25(4)16-19-28)29(12-6-2)20-21-33-24-27-17-18-27/h19,23,25-27,29,31,33H,5-18,20-22,24,32H2,1-4H3/b28-19+,30-23+. The highest BCUT2D eigenvalue weighted by Crippen LogP contribution is 2.37. The first-order chi connectivity index (χ1) is 16.1. The first-order valence-electron chi connectivity index (χ1n) is 14.9. The second-order valence-corrected chi connectivity index (χ2v) is 11.5. The van der Waals surface area contributed by atoms with Crippen molar-refractivity contribution in [2.45, 2.75) is 130 Å². The summed E-state index contributed by atoms with van der Waals surface area (Å²) in [5.74, 6) is 4.32. The Morgan fingerprint density at radius 1 is 1.06 bits per heavy atom. The van der Waals surface area contributed by atoms with E-state index >= 15 is 0 Å². The summed E-state index contributed by atoms with van der Waals surface area (Å²) in [6.07, 6.45) is 26.1. The smallest absolute Gasteiger partial charge is 0.00205 e. The first kappa shape index (κ1) is 28.5. The fourth-order valence-electron chi connectivity index (χ4n) is 6.17. The molecule has 0 aromatic carbocycles. The quantitative estimate of drug-likeness (QED) is 0.241. The van der Waals surface area contributed by atoms with Crippen molar-refractivity contribution in [2.24, 2.45) is 35.3 Å². The number of rotatable bonds is 15. The number of allylic oxidation sites excluding steroid dienone is 3. The molecule has 0 bridgehead atoms. The Bertz CT molecular complexity index is 559. The molecule has 33 heavy (non-hydrogen) atoms. The molecular formula is C31H58N2. The van der Waals surface area contributed by atoms with Gasteiger partial charge < -0.3 is 11.1 Å². The maximum absolute atomic E-state index is 6.23. The summed E-state index contributed by atoms with van der Waals surface area (Å²) < 4.78 is 0. The average Bonchev–Trinajstić information content (AvgIpc) is 3.65. The van der Waals surface area contributed by atoms with Crippen molar-refractivity contribution in [3.63, 3.8) is 0 Å². The van der Waals surface area contributed by atoms with Crippen molar-refractivity contribution in [1.82, 2.24) is 5.32 Å². The third-order valence-corrected chi connectivity index (χ3v) is 8.70. The van der Waals surface area contributed by atoms with Gasteiger partial charge in [-0.05, 0) is 111 Å². The van der Waals surface area contributed by atoms with Crippen molar-refractivity contribution in [3.05, 3.63) is 23.4 Å². The molecule has 2 rings (SSSR count). The number of nitrogens with one attached hydrogen (secondary N) is 1. The Morgan fingerprint density at radius 3 is 2.55 bits per heavy atom. The van der Waals surface area contributed by atoms with Gasteiger partial charge in [-0.1, -0.05) is 85.1 Å². The third-order valence-electron chi connectivity index (χ3n) is 8.70. The second-order valence-electron chi connectivity index (χ2n) is 11.5. The fourth-order valence-corrected chi connectivity index (χ4v) is 6.17. The Balaban J connectivity index is 2.01. The molecule has 0 amide bonds. The summed E-state index contributed by atoms with van der Waals surface area (Å²) in [5.41, 5.74) is 9.27. The summed E-state index contributed by atoms with van der Waals surface area (Å²) in [7, 11) is 0. The average molecular weight is 459 g/mol. The summed E-state index contributed by atoms with van der Waals surface area (Å²) >= 11 is 0. The molecule has 0 aromatic rings. The van der Waals surface area contributed by atoms with Crippen LogP contribution in [-0.4, -0.2) is 13.1 Å². The van der Waals surface area contributed by atoms with Gasteiger partial charge in [0.15, 0.2) is 0 Å². The molecule has 1 saturated carbocycles. The second kappa shape index (κ2) is 16.8. The first-order valence-corrected chi connectivity index (χ1v) is 14.9. The molecule has 1 fully saturated rings. The van der Waals surface area contributed by atoms with Crippen LogP contribution in [0.1, 0.15) is 130 Å². The van der Waals surface area contributed by atoms with Crippen molar-refractivity contribution < 1.29 is 0 Å². The number of hydrogen-bond acceptors (Lipinski definition) is 2. The monoisotopic (exact) mass is 458 g/mol. The SMILES string of the molecule is CCCCC(CC)CC(=C\N)/C1=C/CC(C)C(C(CCC)CCNCC2CC2)CCCCC1. The van der Waals surface area contributed by atoms with E-state index in [1.165, 1.54) is 121 Å². The van der Waals surface area contributed by atoms with E-state index in [2.05, 4.69) is 39.1 Å². The van der Waals surface area contributed by atoms with Gasteiger partial charge in [0.05, 0.1) is 0 Å². The molecule has 0 spiro atoms. The highest BCUT2D eigenvalue weighted by Gasteiger charge is 2.27. The molecule has 0 aliphatic heterocycles. The number of hydrogen-bond donors (Lipinski definition) is 2. The Morgan fingerprint density at radius 2 is 1.88 bits per heavy atom. The van der Waals surface area contributed by atoms with Gasteiger partial charge in [-0.25, -0.2) is 0 Å². The lowest BCUT2D eigenvalue weighted by molar-refractivity contribution is 0.193. The maximum atomic E-state index is 6.23. The van der Waals surface area contributed by atoms with Gasteiger partial charge in [-0.2, -0.15) is 0 Å². The normalized spacial score (nSPS) is 26.4. The van der Waals surface area contributed by atoms with Gasteiger partial charge in [0.1, 0.15) is 0 Å². The molecule has 0 radical (unpaired) electrons. The van der Waals surface area contributed by atoms with Crippen molar-refractivity contribution in [2.75, 3.05) is 13.1 Å². The van der Waals surface area contributed by atoms with Crippen LogP contribution in [0.3, 0.4) is 0 Å². The topological polar surface area (TPSA) is 38.0 Å². The zero-order valence-corrected chi connectivity index (χ0v) is 22.8. The Hall–Kier alpha value is -0.760. The minimum atomic E-state index is 0.777. The van der Waals surface area contributed by atoms with E-state index in [1.54, 1.807) is 5.57 Å². The molecule has 0 heterocycles. The molecule has 2 aliphatic rings. The van der Waals surface area contributed by atoms with Crippen LogP contribution < -0.4 is 11.1 Å². The maximum Gasteiger partial charge on any atom is -0.00205 e. The molecule has 0 saturated heterocycles. The van der Waals surface area contributed by atoms with E-state index in [9.17, 15) is 0 Å². The molecule has 2 heteroatoms. The summed E-state index contributed by atoms with van der Waals surface area (Å²) in [6, 6.07) is 0. The zero-order chi connectivity index (χ0) is 23.9. The van der Waals surface area contributed by atoms with Crippen molar-refractivity contribution >= 4 is 0 Å². The highest BCUT2D eigenvalue weighted by atomic mass is 14.9. The summed E-state index contributed by atoms with van der Waals surface area (Å²) in [6.45, 7) is 12.1. The van der Waals surface area contributed by atoms with E-state index in [4.69, 9.17) is 5.73 Å². The van der Waals surface area contributed by atoms with Crippen molar-refractivity contribution in [1.29, 1.82) is 0 Å².